The van der Waals surface area contributed by atoms with Crippen molar-refractivity contribution in [1.82, 2.24) is 9.55 Å². The fourth-order valence-electron chi connectivity index (χ4n) is 4.61. The summed E-state index contributed by atoms with van der Waals surface area (Å²) in [4.78, 5) is 56.9. The number of nitrogens with zero attached hydrogens (tertiary/aromatic N) is 2. The van der Waals surface area contributed by atoms with Crippen molar-refractivity contribution in [3.8, 4) is 11.5 Å². The number of carbonyl (C=O) groups excluding carboxylic acids is 3. The van der Waals surface area contributed by atoms with Crippen LogP contribution in [0.5, 0.6) is 0 Å². The number of aromatic nitrogens is 2. The summed E-state index contributed by atoms with van der Waals surface area (Å²) in [6.45, 7) is 5.83. The molecule has 46 heavy (non-hydrogen) atoms. The maximum Gasteiger partial charge on any atom is 0.350 e. The Balaban J connectivity index is 1.51. The van der Waals surface area contributed by atoms with Gasteiger partial charge in [0.1, 0.15) is 26.5 Å². The summed E-state index contributed by atoms with van der Waals surface area (Å²) in [6, 6.07) is 26.4. The Kier molecular flexibility index (Phi) is 9.90. The van der Waals surface area contributed by atoms with Gasteiger partial charge in [0.15, 0.2) is 18.4 Å². The smallest absolute Gasteiger partial charge is 0.350 e. The number of hydrogen-bond donors (Lipinski definition) is 0. The molecule has 4 atom stereocenters. The first-order valence-electron chi connectivity index (χ1n) is 14.6. The summed E-state index contributed by atoms with van der Waals surface area (Å²) < 4.78 is 24.7. The van der Waals surface area contributed by atoms with E-state index < -0.39 is 56.2 Å². The Morgan fingerprint density at radius 2 is 1.26 bits per heavy atom. The summed E-state index contributed by atoms with van der Waals surface area (Å²) in [5.74, 6) is 0.856. The summed E-state index contributed by atoms with van der Waals surface area (Å²) in [5, 5.41) is 0. The van der Waals surface area contributed by atoms with Gasteiger partial charge in [-0.15, -0.1) is 5.54 Å². The average molecular weight is 637 g/mol. The standard InChI is InChI=1S/C35H32N2O8Si/c1-46(2,3)22-20-27-19-21-37(35(41)36-27)31-30(45-34(40)26-17-11-6-12-18-26)29(44-33(39)25-15-9-5-10-16-25)28(43-31)23-42-32(38)24-13-7-4-8-14-24/h4-19,21,28-31H,23H2,1-3H3/t28-,29-,30-,31-/m1/s1. The van der Waals surface area contributed by atoms with Gasteiger partial charge in [0.25, 0.3) is 0 Å². The van der Waals surface area contributed by atoms with Gasteiger partial charge in [-0.05, 0) is 42.5 Å². The van der Waals surface area contributed by atoms with E-state index in [1.807, 2.05) is 0 Å². The van der Waals surface area contributed by atoms with Crippen LogP contribution in [0.3, 0.4) is 0 Å². The van der Waals surface area contributed by atoms with Crippen LogP contribution in [0.15, 0.2) is 108 Å². The lowest BCUT2D eigenvalue weighted by molar-refractivity contribution is -0.0639. The van der Waals surface area contributed by atoms with Gasteiger partial charge in [0.05, 0.1) is 16.7 Å². The van der Waals surface area contributed by atoms with Crippen LogP contribution in [-0.4, -0.2) is 60.5 Å². The molecule has 1 aliphatic heterocycles. The lowest BCUT2D eigenvalue weighted by Crippen LogP contribution is -2.42. The normalized spacial score (nSPS) is 18.9. The molecule has 5 rings (SSSR count). The molecular formula is C35H32N2O8Si. The van der Waals surface area contributed by atoms with Crippen LogP contribution in [-0.2, 0) is 18.9 Å². The zero-order valence-electron chi connectivity index (χ0n) is 25.5. The molecule has 0 unspecified atom stereocenters. The summed E-state index contributed by atoms with van der Waals surface area (Å²) >= 11 is 0. The minimum absolute atomic E-state index is 0.232. The van der Waals surface area contributed by atoms with Crippen molar-refractivity contribution in [2.75, 3.05) is 6.61 Å². The summed E-state index contributed by atoms with van der Waals surface area (Å²) in [5.41, 5.74) is 3.50. The quantitative estimate of drug-likeness (QED) is 0.117. The Labute approximate surface area is 266 Å². The monoisotopic (exact) mass is 636 g/mol. The van der Waals surface area contributed by atoms with Crippen LogP contribution in [0.25, 0.3) is 0 Å². The number of hydrogen-bond acceptors (Lipinski definition) is 9. The molecule has 1 fully saturated rings. The van der Waals surface area contributed by atoms with E-state index in [1.165, 1.54) is 6.20 Å². The molecule has 234 valence electrons. The summed E-state index contributed by atoms with van der Waals surface area (Å²) in [6.07, 6.45) is -3.60. The molecule has 10 nitrogen and oxygen atoms in total. The van der Waals surface area contributed by atoms with E-state index in [1.54, 1.807) is 97.1 Å². The second-order valence-electron chi connectivity index (χ2n) is 11.5. The van der Waals surface area contributed by atoms with Crippen molar-refractivity contribution >= 4 is 26.0 Å². The van der Waals surface area contributed by atoms with Crippen molar-refractivity contribution in [3.63, 3.8) is 0 Å². The molecule has 0 saturated carbocycles. The van der Waals surface area contributed by atoms with Crippen LogP contribution in [0.2, 0.25) is 19.6 Å². The van der Waals surface area contributed by atoms with Gasteiger partial charge in [-0.25, -0.2) is 19.2 Å². The van der Waals surface area contributed by atoms with E-state index in [0.717, 1.165) is 4.57 Å². The zero-order valence-corrected chi connectivity index (χ0v) is 26.5. The molecule has 0 radical (unpaired) electrons. The molecule has 0 aliphatic carbocycles. The topological polar surface area (TPSA) is 123 Å². The van der Waals surface area contributed by atoms with E-state index in [-0.39, 0.29) is 23.4 Å². The predicted molar refractivity (Wildman–Crippen MR) is 171 cm³/mol. The van der Waals surface area contributed by atoms with Gasteiger partial charge in [0.2, 0.25) is 0 Å². The molecule has 1 aliphatic rings. The third-order valence-corrected chi connectivity index (χ3v) is 7.72. The molecule has 0 N–H and O–H groups in total. The van der Waals surface area contributed by atoms with E-state index in [0.29, 0.717) is 5.56 Å². The van der Waals surface area contributed by atoms with Gasteiger partial charge in [0, 0.05) is 6.20 Å². The van der Waals surface area contributed by atoms with Crippen LogP contribution in [0, 0.1) is 11.5 Å². The molecule has 1 aromatic heterocycles. The van der Waals surface area contributed by atoms with Crippen molar-refractivity contribution in [1.29, 1.82) is 0 Å². The van der Waals surface area contributed by atoms with Gasteiger partial charge in [-0.1, -0.05) is 80.2 Å². The van der Waals surface area contributed by atoms with Gasteiger partial charge < -0.3 is 18.9 Å². The molecule has 0 spiro atoms. The average Bonchev–Trinajstić information content (AvgIpc) is 3.39. The molecule has 1 saturated heterocycles. The zero-order chi connectivity index (χ0) is 32.7. The van der Waals surface area contributed by atoms with Crippen LogP contribution in [0.1, 0.15) is 43.0 Å². The molecule has 0 bridgehead atoms. The Hall–Kier alpha value is -5.31. The first-order valence-corrected chi connectivity index (χ1v) is 18.1. The molecule has 0 amide bonds. The minimum Gasteiger partial charge on any atom is -0.459 e. The van der Waals surface area contributed by atoms with Crippen molar-refractivity contribution in [2.45, 2.75) is 44.2 Å². The lowest BCUT2D eigenvalue weighted by Gasteiger charge is -2.25. The number of ether oxygens (including phenoxy) is 4. The molecule has 4 aromatic rings. The predicted octanol–water partition coefficient (Wildman–Crippen LogP) is 4.68. The van der Waals surface area contributed by atoms with Gasteiger partial charge in [-0.3, -0.25) is 4.57 Å². The highest BCUT2D eigenvalue weighted by Gasteiger charge is 2.51. The van der Waals surface area contributed by atoms with Crippen molar-refractivity contribution in [2.24, 2.45) is 0 Å². The fourth-order valence-corrected chi connectivity index (χ4v) is 5.11. The van der Waals surface area contributed by atoms with E-state index >= 15 is 0 Å². The lowest BCUT2D eigenvalue weighted by atomic mass is 10.1. The number of carbonyl (C=O) groups is 3. The van der Waals surface area contributed by atoms with Gasteiger partial charge in [-0.2, -0.15) is 4.98 Å². The van der Waals surface area contributed by atoms with Crippen LogP contribution in [0.4, 0.5) is 0 Å². The second-order valence-corrected chi connectivity index (χ2v) is 16.3. The van der Waals surface area contributed by atoms with Crippen LogP contribution < -0.4 is 5.69 Å². The Bertz CT molecular complexity index is 1810. The largest absolute Gasteiger partial charge is 0.459 e. The Morgan fingerprint density at radius 3 is 1.76 bits per heavy atom. The van der Waals surface area contributed by atoms with Crippen molar-refractivity contribution < 1.29 is 33.3 Å². The maximum atomic E-state index is 13.3. The molecular weight excluding hydrogens is 604 g/mol. The van der Waals surface area contributed by atoms with Crippen molar-refractivity contribution in [3.05, 3.63) is 136 Å². The van der Waals surface area contributed by atoms with E-state index in [9.17, 15) is 19.2 Å². The molecule has 3 aromatic carbocycles. The summed E-state index contributed by atoms with van der Waals surface area (Å²) in [7, 11) is -1.75. The number of rotatable bonds is 8. The first-order chi connectivity index (χ1) is 22.1. The highest BCUT2D eigenvalue weighted by molar-refractivity contribution is 6.83. The van der Waals surface area contributed by atoms with E-state index in [4.69, 9.17) is 18.9 Å². The highest BCUT2D eigenvalue weighted by Crippen LogP contribution is 2.34. The molecule has 2 heterocycles. The number of benzene rings is 3. The third-order valence-electron chi connectivity index (χ3n) is 6.85. The van der Waals surface area contributed by atoms with Crippen LogP contribution >= 0.6 is 0 Å². The fraction of sp³-hybridized carbons (Fsp3) is 0.229. The third kappa shape index (κ3) is 8.04. The minimum atomic E-state index is -1.75. The second kappa shape index (κ2) is 14.2. The highest BCUT2D eigenvalue weighted by atomic mass is 28.3. The number of esters is 3. The molecule has 11 heteroatoms. The van der Waals surface area contributed by atoms with Gasteiger partial charge >= 0.3 is 23.6 Å². The van der Waals surface area contributed by atoms with E-state index in [2.05, 4.69) is 36.1 Å². The first kappa shape index (κ1) is 32.1. The SMILES string of the molecule is C[Si](C)(C)C#Cc1ccn([C@@H]2O[C@H](COC(=O)c3ccccc3)[C@@H](OC(=O)c3ccccc3)[C@H]2OC(=O)c2ccccc2)c(=O)n1. The maximum absolute atomic E-state index is 13.3. The Morgan fingerprint density at radius 1 is 0.761 bits per heavy atom.